The van der Waals surface area contributed by atoms with Crippen LogP contribution < -0.4 is 5.32 Å². The number of anilines is 1. The van der Waals surface area contributed by atoms with Crippen LogP contribution >= 0.6 is 15.9 Å². The van der Waals surface area contributed by atoms with Crippen molar-refractivity contribution < 1.29 is 9.22 Å². The van der Waals surface area contributed by atoms with Gasteiger partial charge in [0.1, 0.15) is 0 Å². The molecule has 1 aromatic rings. The molecular weight excluding hydrogens is 358 g/mol. The van der Waals surface area contributed by atoms with E-state index in [9.17, 15) is 4.79 Å². The summed E-state index contributed by atoms with van der Waals surface area (Å²) in [6.07, 6.45) is 2.24. The third-order valence-electron chi connectivity index (χ3n) is 4.70. The molecule has 0 radical (unpaired) electrons. The second-order valence-electron chi connectivity index (χ2n) is 7.33. The quantitative estimate of drug-likeness (QED) is 0.575. The maximum Gasteiger partial charge on any atom is 0.260 e. The molecule has 0 aliphatic carbocycles. The number of hydrogen-bond donors (Lipinski definition) is 1. The Morgan fingerprint density at radius 2 is 2.05 bits per heavy atom. The van der Waals surface area contributed by atoms with Gasteiger partial charge in [-0.2, -0.15) is 0 Å². The molecule has 5 heteroatoms. The molecule has 22 heavy (non-hydrogen) atoms. The van der Waals surface area contributed by atoms with Crippen LogP contribution in [0.3, 0.4) is 0 Å². The number of rotatable bonds is 4. The Bertz CT molecular complexity index is 622. The van der Waals surface area contributed by atoms with E-state index in [1.165, 1.54) is 0 Å². The summed E-state index contributed by atoms with van der Waals surface area (Å²) in [5.41, 5.74) is 0.770. The first-order valence-electron chi connectivity index (χ1n) is 7.46. The lowest BCUT2D eigenvalue weighted by Gasteiger charge is -2.43. The average Bonchev–Trinajstić information content (AvgIpc) is 2.60. The van der Waals surface area contributed by atoms with E-state index in [0.29, 0.717) is 6.42 Å². The molecular formula is C17H24BrNO2Si. The van der Waals surface area contributed by atoms with Crippen molar-refractivity contribution in [2.75, 3.05) is 5.32 Å². The highest BCUT2D eigenvalue weighted by Crippen LogP contribution is 2.48. The van der Waals surface area contributed by atoms with Crippen LogP contribution in [-0.4, -0.2) is 14.2 Å². The first kappa shape index (κ1) is 17.4. The first-order valence-corrected chi connectivity index (χ1v) is 11.2. The average molecular weight is 382 g/mol. The van der Waals surface area contributed by atoms with E-state index in [2.05, 4.69) is 61.7 Å². The van der Waals surface area contributed by atoms with Crippen molar-refractivity contribution in [2.24, 2.45) is 0 Å². The summed E-state index contributed by atoms with van der Waals surface area (Å²) < 4.78 is 7.55. The van der Waals surface area contributed by atoms with Gasteiger partial charge in [0.05, 0.1) is 0 Å². The molecule has 0 fully saturated rings. The molecule has 0 bridgehead atoms. The Morgan fingerprint density at radius 1 is 1.41 bits per heavy atom. The number of nitrogens with one attached hydrogen (secondary N) is 1. The highest BCUT2D eigenvalue weighted by atomic mass is 79.9. The zero-order valence-corrected chi connectivity index (χ0v) is 16.5. The maximum atomic E-state index is 12.8. The van der Waals surface area contributed by atoms with Gasteiger partial charge in [0.25, 0.3) is 5.91 Å². The number of carbonyl (C=O) groups is 1. The van der Waals surface area contributed by atoms with E-state index in [1.54, 1.807) is 6.08 Å². The fraction of sp³-hybridized carbons (Fsp3) is 0.471. The Kier molecular flexibility index (Phi) is 4.45. The topological polar surface area (TPSA) is 38.3 Å². The number of halogens is 1. The van der Waals surface area contributed by atoms with Crippen LogP contribution in [-0.2, 0) is 14.8 Å². The summed E-state index contributed by atoms with van der Waals surface area (Å²) in [7, 11) is -2.12. The van der Waals surface area contributed by atoms with Crippen molar-refractivity contribution in [3.63, 3.8) is 0 Å². The van der Waals surface area contributed by atoms with Crippen molar-refractivity contribution in [3.8, 4) is 0 Å². The SMILES string of the molecule is C=CCC1(O[Si](C)(C)C(C)(C)C)C(=O)Nc2cc(Br)ccc21. The van der Waals surface area contributed by atoms with Crippen molar-refractivity contribution in [1.29, 1.82) is 0 Å². The molecule has 2 rings (SSSR count). The normalized spacial score (nSPS) is 21.5. The third kappa shape index (κ3) is 2.82. The minimum Gasteiger partial charge on any atom is -0.399 e. The Hall–Kier alpha value is -0.913. The fourth-order valence-electron chi connectivity index (χ4n) is 2.46. The third-order valence-corrected chi connectivity index (χ3v) is 9.66. The number of benzene rings is 1. The van der Waals surface area contributed by atoms with Crippen LogP contribution in [0.4, 0.5) is 5.69 Å². The largest absolute Gasteiger partial charge is 0.399 e. The van der Waals surface area contributed by atoms with E-state index >= 15 is 0 Å². The molecule has 0 aromatic heterocycles. The lowest BCUT2D eigenvalue weighted by molar-refractivity contribution is -0.131. The van der Waals surface area contributed by atoms with E-state index in [0.717, 1.165) is 15.7 Å². The Morgan fingerprint density at radius 3 is 2.59 bits per heavy atom. The van der Waals surface area contributed by atoms with Gasteiger partial charge in [0.15, 0.2) is 13.9 Å². The van der Waals surface area contributed by atoms with Crippen LogP contribution in [0.2, 0.25) is 18.1 Å². The van der Waals surface area contributed by atoms with Crippen molar-refractivity contribution in [1.82, 2.24) is 0 Å². The molecule has 1 atom stereocenters. The van der Waals surface area contributed by atoms with Gasteiger partial charge in [-0.05, 0) is 30.3 Å². The van der Waals surface area contributed by atoms with Gasteiger partial charge >= 0.3 is 0 Å². The lowest BCUT2D eigenvalue weighted by atomic mass is 9.92. The Balaban J connectivity index is 2.55. The first-order chi connectivity index (χ1) is 10.0. The minimum absolute atomic E-state index is 0.0273. The number of carbonyl (C=O) groups excluding carboxylic acids is 1. The summed E-state index contributed by atoms with van der Waals surface area (Å²) in [4.78, 5) is 12.8. The summed E-state index contributed by atoms with van der Waals surface area (Å²) in [6, 6.07) is 5.84. The van der Waals surface area contributed by atoms with Gasteiger partial charge in [0, 0.05) is 22.1 Å². The molecule has 1 N–H and O–H groups in total. The van der Waals surface area contributed by atoms with E-state index in [-0.39, 0.29) is 10.9 Å². The molecule has 3 nitrogen and oxygen atoms in total. The monoisotopic (exact) mass is 381 g/mol. The maximum absolute atomic E-state index is 12.8. The molecule has 1 aliphatic rings. The number of amides is 1. The molecule has 1 amide bonds. The smallest absolute Gasteiger partial charge is 0.260 e. The van der Waals surface area contributed by atoms with Crippen LogP contribution in [0.5, 0.6) is 0 Å². The fourth-order valence-corrected chi connectivity index (χ4v) is 4.28. The van der Waals surface area contributed by atoms with E-state index in [1.807, 2.05) is 18.2 Å². The van der Waals surface area contributed by atoms with Gasteiger partial charge < -0.3 is 9.74 Å². The van der Waals surface area contributed by atoms with Gasteiger partial charge in [-0.25, -0.2) is 0 Å². The zero-order valence-electron chi connectivity index (χ0n) is 13.9. The molecule has 1 aliphatic heterocycles. The molecule has 0 saturated heterocycles. The number of fused-ring (bicyclic) bond motifs is 1. The Labute approximate surface area is 142 Å². The molecule has 0 saturated carbocycles. The molecule has 0 spiro atoms. The second-order valence-corrected chi connectivity index (χ2v) is 13.0. The van der Waals surface area contributed by atoms with Gasteiger partial charge in [-0.3, -0.25) is 4.79 Å². The van der Waals surface area contributed by atoms with Gasteiger partial charge in [-0.1, -0.05) is 48.8 Å². The summed E-state index contributed by atoms with van der Waals surface area (Å²) in [5, 5.41) is 3.00. The predicted molar refractivity (Wildman–Crippen MR) is 97.5 cm³/mol. The van der Waals surface area contributed by atoms with Crippen LogP contribution in [0.1, 0.15) is 32.8 Å². The highest BCUT2D eigenvalue weighted by molar-refractivity contribution is 9.10. The summed E-state index contributed by atoms with van der Waals surface area (Å²) in [6.45, 7) is 14.7. The second kappa shape index (κ2) is 5.62. The lowest BCUT2D eigenvalue weighted by Crippen LogP contribution is -2.51. The standard InChI is InChI=1S/C17H24BrNO2Si/c1-7-10-17(21-22(5,6)16(2,3)4)13-9-8-12(18)11-14(13)19-15(17)20/h7-9,11H,1,10H2,2-6H3,(H,19,20). The van der Waals surface area contributed by atoms with Gasteiger partial charge in [-0.15, -0.1) is 6.58 Å². The van der Waals surface area contributed by atoms with Crippen molar-refractivity contribution in [3.05, 3.63) is 40.9 Å². The summed E-state index contributed by atoms with van der Waals surface area (Å²) >= 11 is 3.45. The molecule has 120 valence electrons. The minimum atomic E-state index is -2.12. The van der Waals surface area contributed by atoms with E-state index in [4.69, 9.17) is 4.43 Å². The van der Waals surface area contributed by atoms with Crippen molar-refractivity contribution in [2.45, 2.75) is 50.9 Å². The molecule has 1 aromatic carbocycles. The van der Waals surface area contributed by atoms with Crippen molar-refractivity contribution >= 4 is 35.8 Å². The van der Waals surface area contributed by atoms with E-state index < -0.39 is 13.9 Å². The zero-order chi connectivity index (χ0) is 16.8. The predicted octanol–water partition coefficient (Wildman–Crippen LogP) is 5.19. The van der Waals surface area contributed by atoms with Crippen LogP contribution in [0.15, 0.2) is 35.3 Å². The van der Waals surface area contributed by atoms with Gasteiger partial charge in [0.2, 0.25) is 0 Å². The highest BCUT2D eigenvalue weighted by Gasteiger charge is 2.53. The number of hydrogen-bond acceptors (Lipinski definition) is 2. The summed E-state index contributed by atoms with van der Waals surface area (Å²) in [5.74, 6) is -0.0923. The molecule has 1 unspecified atom stereocenters. The van der Waals surface area contributed by atoms with Crippen LogP contribution in [0.25, 0.3) is 0 Å². The van der Waals surface area contributed by atoms with Crippen LogP contribution in [0, 0.1) is 0 Å². The molecule has 1 heterocycles.